The van der Waals surface area contributed by atoms with E-state index in [2.05, 4.69) is 10.6 Å². The third-order valence-electron chi connectivity index (χ3n) is 4.41. The van der Waals surface area contributed by atoms with Gasteiger partial charge in [-0.05, 0) is 66.6 Å². The summed E-state index contributed by atoms with van der Waals surface area (Å²) in [6.07, 6.45) is 1.48. The highest BCUT2D eigenvalue weighted by molar-refractivity contribution is 6.42. The summed E-state index contributed by atoms with van der Waals surface area (Å²) in [5.74, 6) is -0.404. The molecule has 0 aromatic heterocycles. The van der Waals surface area contributed by atoms with E-state index in [0.717, 1.165) is 5.56 Å². The molecule has 3 aromatic rings. The van der Waals surface area contributed by atoms with Gasteiger partial charge in [0.2, 0.25) is 0 Å². The van der Waals surface area contributed by atoms with Crippen molar-refractivity contribution in [2.45, 2.75) is 6.92 Å². The van der Waals surface area contributed by atoms with Crippen molar-refractivity contribution in [1.82, 2.24) is 0 Å². The van der Waals surface area contributed by atoms with E-state index in [0.29, 0.717) is 32.7 Å². The van der Waals surface area contributed by atoms with E-state index < -0.39 is 5.91 Å². The monoisotopic (exact) mass is 479 g/mol. The van der Waals surface area contributed by atoms with Crippen molar-refractivity contribution in [2.75, 3.05) is 17.2 Å². The van der Waals surface area contributed by atoms with Crippen LogP contribution in [0, 0.1) is 18.3 Å². The Labute approximate surface area is 201 Å². The largest absolute Gasteiger partial charge is 0.484 e. The highest BCUT2D eigenvalue weighted by Crippen LogP contribution is 2.25. The molecule has 0 fully saturated rings. The molecule has 0 unspecified atom stereocenters. The zero-order chi connectivity index (χ0) is 23.8. The number of anilines is 2. The van der Waals surface area contributed by atoms with Crippen LogP contribution >= 0.6 is 23.2 Å². The summed E-state index contributed by atoms with van der Waals surface area (Å²) in [4.78, 5) is 24.5. The molecule has 0 heterocycles. The average Bonchev–Trinajstić information content (AvgIpc) is 2.79. The van der Waals surface area contributed by atoms with Gasteiger partial charge in [-0.1, -0.05) is 47.5 Å². The Morgan fingerprint density at radius 1 is 0.970 bits per heavy atom. The number of nitrogens with one attached hydrogen (secondary N) is 2. The lowest BCUT2D eigenvalue weighted by Crippen LogP contribution is -2.20. The third kappa shape index (κ3) is 7.11. The number of hydrogen-bond acceptors (Lipinski definition) is 4. The SMILES string of the molecule is Cc1cccc(NC(=O)/C(C#N)=C/c2ccc(OCC(=O)Nc3ccc(Cl)c(Cl)c3)cc2)c1. The second-order valence-corrected chi connectivity index (χ2v) is 7.84. The van der Waals surface area contributed by atoms with Gasteiger partial charge in [0.25, 0.3) is 11.8 Å². The molecule has 0 aliphatic rings. The van der Waals surface area contributed by atoms with Crippen LogP contribution in [0.25, 0.3) is 6.08 Å². The van der Waals surface area contributed by atoms with Crippen LogP contribution in [0.2, 0.25) is 10.0 Å². The second-order valence-electron chi connectivity index (χ2n) is 7.03. The van der Waals surface area contributed by atoms with Crippen LogP contribution in [-0.2, 0) is 9.59 Å². The molecule has 0 bridgehead atoms. The van der Waals surface area contributed by atoms with Crippen molar-refractivity contribution in [2.24, 2.45) is 0 Å². The number of benzene rings is 3. The molecule has 2 N–H and O–H groups in total. The number of carbonyl (C=O) groups is 2. The predicted molar refractivity (Wildman–Crippen MR) is 130 cm³/mol. The van der Waals surface area contributed by atoms with E-state index in [1.54, 1.807) is 48.5 Å². The molecule has 2 amide bonds. The summed E-state index contributed by atoms with van der Waals surface area (Å²) in [7, 11) is 0. The van der Waals surface area contributed by atoms with Crippen molar-refractivity contribution in [3.8, 4) is 11.8 Å². The fraction of sp³-hybridized carbons (Fsp3) is 0.0800. The van der Waals surface area contributed by atoms with Crippen LogP contribution < -0.4 is 15.4 Å². The van der Waals surface area contributed by atoms with Crippen LogP contribution in [0.3, 0.4) is 0 Å². The van der Waals surface area contributed by atoms with Gasteiger partial charge < -0.3 is 15.4 Å². The van der Waals surface area contributed by atoms with E-state index in [-0.39, 0.29) is 18.1 Å². The Hall–Kier alpha value is -3.79. The van der Waals surface area contributed by atoms with Gasteiger partial charge in [0, 0.05) is 11.4 Å². The Morgan fingerprint density at radius 2 is 1.70 bits per heavy atom. The summed E-state index contributed by atoms with van der Waals surface area (Å²) < 4.78 is 5.48. The zero-order valence-corrected chi connectivity index (χ0v) is 19.1. The Morgan fingerprint density at radius 3 is 2.36 bits per heavy atom. The van der Waals surface area contributed by atoms with Crippen LogP contribution in [0.4, 0.5) is 11.4 Å². The molecule has 0 aliphatic heterocycles. The predicted octanol–water partition coefficient (Wildman–Crippen LogP) is 5.87. The molecule has 0 saturated heterocycles. The fourth-order valence-corrected chi connectivity index (χ4v) is 3.11. The summed E-state index contributed by atoms with van der Waals surface area (Å²) in [6.45, 7) is 1.70. The fourth-order valence-electron chi connectivity index (χ4n) is 2.82. The normalized spacial score (nSPS) is 10.8. The van der Waals surface area contributed by atoms with Gasteiger partial charge in [-0.25, -0.2) is 0 Å². The third-order valence-corrected chi connectivity index (χ3v) is 5.14. The van der Waals surface area contributed by atoms with Crippen molar-refractivity contribution in [1.29, 1.82) is 5.26 Å². The minimum Gasteiger partial charge on any atom is -0.484 e. The summed E-state index contributed by atoms with van der Waals surface area (Å²) >= 11 is 11.8. The first kappa shape index (κ1) is 23.9. The molecule has 3 rings (SSSR count). The first-order valence-electron chi connectivity index (χ1n) is 9.81. The Balaban J connectivity index is 1.57. The van der Waals surface area contributed by atoms with Crippen molar-refractivity contribution >= 4 is 52.5 Å². The van der Waals surface area contributed by atoms with Gasteiger partial charge in [-0.15, -0.1) is 0 Å². The maximum absolute atomic E-state index is 12.4. The van der Waals surface area contributed by atoms with Crippen molar-refractivity contribution in [3.63, 3.8) is 0 Å². The highest BCUT2D eigenvalue weighted by Gasteiger charge is 2.10. The highest BCUT2D eigenvalue weighted by atomic mass is 35.5. The topological polar surface area (TPSA) is 91.2 Å². The summed E-state index contributed by atoms with van der Waals surface area (Å²) in [5.41, 5.74) is 2.72. The van der Waals surface area contributed by atoms with E-state index >= 15 is 0 Å². The number of halogens is 2. The van der Waals surface area contributed by atoms with Gasteiger partial charge in [0.1, 0.15) is 17.4 Å². The molecule has 0 spiro atoms. The van der Waals surface area contributed by atoms with Gasteiger partial charge in [0.05, 0.1) is 10.0 Å². The number of amides is 2. The second kappa shape index (κ2) is 11.2. The van der Waals surface area contributed by atoms with E-state index in [1.165, 1.54) is 6.08 Å². The van der Waals surface area contributed by atoms with Crippen LogP contribution in [0.1, 0.15) is 11.1 Å². The lowest BCUT2D eigenvalue weighted by Gasteiger charge is -2.09. The summed E-state index contributed by atoms with van der Waals surface area (Å²) in [5, 5.41) is 15.5. The van der Waals surface area contributed by atoms with E-state index in [1.807, 2.05) is 31.2 Å². The van der Waals surface area contributed by atoms with Crippen LogP contribution in [-0.4, -0.2) is 18.4 Å². The molecule has 8 heteroatoms. The maximum Gasteiger partial charge on any atom is 0.266 e. The standard InChI is InChI=1S/C25H19Cl2N3O3/c1-16-3-2-4-19(11-16)30-25(32)18(14-28)12-17-5-8-21(9-6-17)33-15-24(31)29-20-7-10-22(26)23(27)13-20/h2-13H,15H2,1H3,(H,29,31)(H,30,32)/b18-12+. The minimum absolute atomic E-state index is 0.0359. The number of nitriles is 1. The number of hydrogen-bond donors (Lipinski definition) is 2. The zero-order valence-electron chi connectivity index (χ0n) is 17.6. The molecular weight excluding hydrogens is 461 g/mol. The lowest BCUT2D eigenvalue weighted by molar-refractivity contribution is -0.118. The molecular formula is C25H19Cl2N3O3. The van der Waals surface area contributed by atoms with Crippen molar-refractivity contribution in [3.05, 3.63) is 93.5 Å². The smallest absolute Gasteiger partial charge is 0.266 e. The number of ether oxygens (including phenoxy) is 1. The molecule has 0 aliphatic carbocycles. The first-order valence-corrected chi connectivity index (χ1v) is 10.6. The molecule has 166 valence electrons. The molecule has 0 radical (unpaired) electrons. The van der Waals surface area contributed by atoms with Crippen LogP contribution in [0.15, 0.2) is 72.3 Å². The van der Waals surface area contributed by atoms with E-state index in [4.69, 9.17) is 27.9 Å². The number of aryl methyl sites for hydroxylation is 1. The maximum atomic E-state index is 12.4. The van der Waals surface area contributed by atoms with Gasteiger partial charge in [-0.2, -0.15) is 5.26 Å². The first-order chi connectivity index (χ1) is 15.8. The number of carbonyl (C=O) groups excluding carboxylic acids is 2. The van der Waals surface area contributed by atoms with Crippen LogP contribution in [0.5, 0.6) is 5.75 Å². The summed E-state index contributed by atoms with van der Waals surface area (Å²) in [6, 6.07) is 20.6. The quantitative estimate of drug-likeness (QED) is 0.327. The molecule has 0 atom stereocenters. The van der Waals surface area contributed by atoms with Gasteiger partial charge in [-0.3, -0.25) is 9.59 Å². The van der Waals surface area contributed by atoms with Crippen molar-refractivity contribution < 1.29 is 14.3 Å². The van der Waals surface area contributed by atoms with Gasteiger partial charge >= 0.3 is 0 Å². The lowest BCUT2D eigenvalue weighted by atomic mass is 10.1. The molecule has 0 saturated carbocycles. The Kier molecular flexibility index (Phi) is 8.09. The van der Waals surface area contributed by atoms with E-state index in [9.17, 15) is 14.9 Å². The molecule has 33 heavy (non-hydrogen) atoms. The molecule has 3 aromatic carbocycles. The minimum atomic E-state index is -0.498. The average molecular weight is 480 g/mol. The Bertz CT molecular complexity index is 1250. The van der Waals surface area contributed by atoms with Gasteiger partial charge in [0.15, 0.2) is 6.61 Å². The molecule has 6 nitrogen and oxygen atoms in total. The number of rotatable bonds is 7. The number of nitrogens with zero attached hydrogens (tertiary/aromatic N) is 1.